The third-order valence-corrected chi connectivity index (χ3v) is 6.08. The first-order valence-electron chi connectivity index (χ1n) is 10.1. The molecule has 1 atom stereocenters. The summed E-state index contributed by atoms with van der Waals surface area (Å²) in [6, 6.07) is 9.52. The second-order valence-electron chi connectivity index (χ2n) is 6.98. The summed E-state index contributed by atoms with van der Waals surface area (Å²) >= 11 is 0. The minimum Gasteiger partial charge on any atom is -0.497 e. The molecule has 0 aliphatic rings. The van der Waals surface area contributed by atoms with Gasteiger partial charge in [-0.05, 0) is 52.0 Å². The van der Waals surface area contributed by atoms with Crippen molar-refractivity contribution in [1.29, 1.82) is 5.26 Å². The molecule has 0 saturated heterocycles. The Hall–Kier alpha value is -1.75. The number of carbonyl (C=O) groups excluding carboxylic acids is 1. The predicted molar refractivity (Wildman–Crippen MR) is 117 cm³/mol. The fourth-order valence-corrected chi connectivity index (χ4v) is 4.24. The molecule has 8 nitrogen and oxygen atoms in total. The fraction of sp³-hybridized carbons (Fsp3) is 0.619. The van der Waals surface area contributed by atoms with Crippen LogP contribution in [-0.4, -0.2) is 62.7 Å². The van der Waals surface area contributed by atoms with Gasteiger partial charge in [0.05, 0.1) is 46.0 Å². The van der Waals surface area contributed by atoms with Gasteiger partial charge in [-0.15, -0.1) is 0 Å². The topological polar surface area (TPSA) is 93.0 Å². The quantitative estimate of drug-likeness (QED) is 0.329. The van der Waals surface area contributed by atoms with Gasteiger partial charge in [0, 0.05) is 24.2 Å². The molecule has 0 aliphatic heterocycles. The van der Waals surface area contributed by atoms with E-state index in [9.17, 15) is 4.79 Å². The molecular weight excluding hydrogens is 405 g/mol. The molecule has 1 N–H and O–H groups in total. The van der Waals surface area contributed by atoms with Crippen LogP contribution >= 0.6 is 8.53 Å². The summed E-state index contributed by atoms with van der Waals surface area (Å²) in [6.07, 6.45) is 0.330. The van der Waals surface area contributed by atoms with Crippen molar-refractivity contribution in [1.82, 2.24) is 9.99 Å². The molecule has 1 rings (SSSR count). The van der Waals surface area contributed by atoms with Crippen LogP contribution in [0.1, 0.15) is 44.5 Å². The molecule has 9 heteroatoms. The molecule has 0 bridgehead atoms. The van der Waals surface area contributed by atoms with E-state index in [0.29, 0.717) is 50.7 Å². The van der Waals surface area contributed by atoms with Gasteiger partial charge >= 0.3 is 0 Å². The van der Waals surface area contributed by atoms with E-state index in [0.717, 1.165) is 0 Å². The van der Waals surface area contributed by atoms with E-state index >= 15 is 0 Å². The maximum absolute atomic E-state index is 12.1. The van der Waals surface area contributed by atoms with Crippen molar-refractivity contribution in [3.8, 4) is 11.8 Å². The Morgan fingerprint density at radius 3 is 2.27 bits per heavy atom. The lowest BCUT2D eigenvalue weighted by Crippen LogP contribution is -2.34. The largest absolute Gasteiger partial charge is 0.497 e. The van der Waals surface area contributed by atoms with E-state index in [-0.39, 0.29) is 18.0 Å². The molecule has 0 spiro atoms. The zero-order valence-electron chi connectivity index (χ0n) is 18.6. The van der Waals surface area contributed by atoms with Gasteiger partial charge in [-0.25, -0.2) is 4.67 Å². The molecular formula is C21H34N3O5P. The summed E-state index contributed by atoms with van der Waals surface area (Å²) < 4.78 is 24.6. The van der Waals surface area contributed by atoms with Crippen LogP contribution in [0.4, 0.5) is 0 Å². The van der Waals surface area contributed by atoms with E-state index in [1.165, 1.54) is 0 Å². The molecule has 168 valence electrons. The highest BCUT2D eigenvalue weighted by Gasteiger charge is 2.26. The average molecular weight is 439 g/mol. The number of nitriles is 1. The van der Waals surface area contributed by atoms with Crippen LogP contribution in [0.5, 0.6) is 5.75 Å². The minimum atomic E-state index is -1.26. The molecule has 30 heavy (non-hydrogen) atoms. The number of rotatable bonds is 15. The summed E-state index contributed by atoms with van der Waals surface area (Å²) in [5.74, 6) is 0.552. The van der Waals surface area contributed by atoms with Crippen molar-refractivity contribution >= 4 is 14.4 Å². The van der Waals surface area contributed by atoms with Gasteiger partial charge in [-0.1, -0.05) is 0 Å². The molecule has 0 aromatic heterocycles. The standard InChI is InChI=1S/C21H34N3O5P/c1-17(2)24(18(3)4)30(28-13-6-11-22)29-16-15-27-14-12-23-21(25)19-7-9-20(26-5)10-8-19/h7-10,17-18H,6,12-16H2,1-5H3,(H,23,25). The normalized spacial score (nSPS) is 12.2. The lowest BCUT2D eigenvalue weighted by atomic mass is 10.2. The summed E-state index contributed by atoms with van der Waals surface area (Å²) in [6.45, 7) is 10.3. The first kappa shape index (κ1) is 26.3. The van der Waals surface area contributed by atoms with Crippen LogP contribution in [0.3, 0.4) is 0 Å². The first-order valence-corrected chi connectivity index (χ1v) is 11.2. The van der Waals surface area contributed by atoms with Gasteiger partial charge in [-0.2, -0.15) is 5.26 Å². The van der Waals surface area contributed by atoms with Gasteiger partial charge < -0.3 is 23.8 Å². The third-order valence-electron chi connectivity index (χ3n) is 3.98. The SMILES string of the molecule is COc1ccc(C(=O)NCCOCCOP(OCCC#N)N(C(C)C)C(C)C)cc1. The Morgan fingerprint density at radius 1 is 1.07 bits per heavy atom. The number of carbonyl (C=O) groups is 1. The number of benzene rings is 1. The highest BCUT2D eigenvalue weighted by atomic mass is 31.2. The second kappa shape index (κ2) is 15.1. The van der Waals surface area contributed by atoms with Crippen molar-refractivity contribution in [3.05, 3.63) is 29.8 Å². The van der Waals surface area contributed by atoms with Gasteiger partial charge in [0.25, 0.3) is 14.4 Å². The van der Waals surface area contributed by atoms with Crippen molar-refractivity contribution in [2.45, 2.75) is 46.2 Å². The Morgan fingerprint density at radius 2 is 1.70 bits per heavy atom. The summed E-state index contributed by atoms with van der Waals surface area (Å²) in [7, 11) is 0.323. The van der Waals surface area contributed by atoms with Crippen LogP contribution < -0.4 is 10.1 Å². The summed E-state index contributed by atoms with van der Waals surface area (Å²) in [5.41, 5.74) is 0.571. The molecule has 0 aliphatic carbocycles. The number of nitrogens with zero attached hydrogens (tertiary/aromatic N) is 2. The molecule has 0 radical (unpaired) electrons. The fourth-order valence-electron chi connectivity index (χ4n) is 2.67. The molecule has 0 saturated carbocycles. The molecule has 1 amide bonds. The molecule has 0 heterocycles. The third kappa shape index (κ3) is 9.84. The molecule has 1 aromatic rings. The summed E-state index contributed by atoms with van der Waals surface area (Å²) in [5, 5.41) is 11.5. The number of ether oxygens (including phenoxy) is 2. The maximum atomic E-state index is 12.1. The predicted octanol–water partition coefficient (Wildman–Crippen LogP) is 3.73. The first-order chi connectivity index (χ1) is 14.4. The van der Waals surface area contributed by atoms with Crippen LogP contribution in [-0.2, 0) is 13.8 Å². The van der Waals surface area contributed by atoms with Gasteiger partial charge in [0.15, 0.2) is 0 Å². The smallest absolute Gasteiger partial charge is 0.259 e. The van der Waals surface area contributed by atoms with E-state index in [1.807, 2.05) is 0 Å². The Balaban J connectivity index is 2.31. The zero-order valence-corrected chi connectivity index (χ0v) is 19.5. The molecule has 1 aromatic carbocycles. The van der Waals surface area contributed by atoms with Crippen molar-refractivity contribution in [2.75, 3.05) is 40.1 Å². The molecule has 1 unspecified atom stereocenters. The van der Waals surface area contributed by atoms with Gasteiger partial charge in [0.2, 0.25) is 0 Å². The minimum absolute atomic E-state index is 0.156. The Kier molecular flexibility index (Phi) is 13.2. The highest BCUT2D eigenvalue weighted by molar-refractivity contribution is 7.44. The average Bonchev–Trinajstić information content (AvgIpc) is 2.72. The Labute approximate surface area is 181 Å². The van der Waals surface area contributed by atoms with Crippen molar-refractivity contribution in [3.63, 3.8) is 0 Å². The van der Waals surface area contributed by atoms with Gasteiger partial charge in [-0.3, -0.25) is 4.79 Å². The zero-order chi connectivity index (χ0) is 22.4. The van der Waals surface area contributed by atoms with E-state index in [4.69, 9.17) is 23.8 Å². The number of nitrogens with one attached hydrogen (secondary N) is 1. The van der Waals surface area contributed by atoms with E-state index in [1.54, 1.807) is 31.4 Å². The lowest BCUT2D eigenvalue weighted by Gasteiger charge is -2.35. The van der Waals surface area contributed by atoms with E-state index in [2.05, 4.69) is 43.8 Å². The van der Waals surface area contributed by atoms with Crippen LogP contribution in [0, 0.1) is 11.3 Å². The van der Waals surface area contributed by atoms with Crippen molar-refractivity contribution < 1.29 is 23.3 Å². The molecule has 0 fully saturated rings. The van der Waals surface area contributed by atoms with Crippen LogP contribution in [0.25, 0.3) is 0 Å². The number of amides is 1. The lowest BCUT2D eigenvalue weighted by molar-refractivity contribution is 0.0821. The van der Waals surface area contributed by atoms with Crippen LogP contribution in [0.2, 0.25) is 0 Å². The number of methoxy groups -OCH3 is 1. The van der Waals surface area contributed by atoms with Crippen molar-refractivity contribution in [2.24, 2.45) is 0 Å². The second-order valence-corrected chi connectivity index (χ2v) is 8.43. The highest BCUT2D eigenvalue weighted by Crippen LogP contribution is 2.45. The number of hydrogen-bond acceptors (Lipinski definition) is 7. The maximum Gasteiger partial charge on any atom is 0.259 e. The summed E-state index contributed by atoms with van der Waals surface area (Å²) in [4.78, 5) is 12.1. The van der Waals surface area contributed by atoms with E-state index < -0.39 is 8.53 Å². The monoisotopic (exact) mass is 439 g/mol. The van der Waals surface area contributed by atoms with Crippen LogP contribution in [0.15, 0.2) is 24.3 Å². The van der Waals surface area contributed by atoms with Gasteiger partial charge in [0.1, 0.15) is 5.75 Å². The number of hydrogen-bond donors (Lipinski definition) is 1. The Bertz CT molecular complexity index is 641.